The highest BCUT2D eigenvalue weighted by molar-refractivity contribution is 6.31. The molecular formula is C17H18ClNO4. The van der Waals surface area contributed by atoms with Crippen LogP contribution < -0.4 is 0 Å². The van der Waals surface area contributed by atoms with Crippen molar-refractivity contribution in [3.05, 3.63) is 34.5 Å². The highest BCUT2D eigenvalue weighted by Crippen LogP contribution is 2.28. The first-order valence-corrected chi connectivity index (χ1v) is 8.03. The Hall–Kier alpha value is -2.01. The van der Waals surface area contributed by atoms with Crippen molar-refractivity contribution in [3.63, 3.8) is 0 Å². The maximum atomic E-state index is 12.3. The average molecular weight is 336 g/mol. The molecule has 0 aliphatic carbocycles. The van der Waals surface area contributed by atoms with Gasteiger partial charge in [0.05, 0.1) is 0 Å². The van der Waals surface area contributed by atoms with Gasteiger partial charge < -0.3 is 14.1 Å². The zero-order valence-corrected chi connectivity index (χ0v) is 13.9. The highest BCUT2D eigenvalue weighted by atomic mass is 35.5. The second-order valence-corrected chi connectivity index (χ2v) is 6.21. The van der Waals surface area contributed by atoms with Crippen molar-refractivity contribution in [2.75, 3.05) is 13.1 Å². The van der Waals surface area contributed by atoms with Gasteiger partial charge >= 0.3 is 5.97 Å². The number of amides is 1. The van der Waals surface area contributed by atoms with Crippen LogP contribution in [0.3, 0.4) is 0 Å². The van der Waals surface area contributed by atoms with Gasteiger partial charge in [-0.3, -0.25) is 4.79 Å². The summed E-state index contributed by atoms with van der Waals surface area (Å²) in [7, 11) is 0. The zero-order chi connectivity index (χ0) is 16.6. The first-order chi connectivity index (χ1) is 11.0. The lowest BCUT2D eigenvalue weighted by Crippen LogP contribution is -2.38. The molecule has 1 aromatic heterocycles. The van der Waals surface area contributed by atoms with Gasteiger partial charge in [0, 0.05) is 29.1 Å². The molecule has 23 heavy (non-hydrogen) atoms. The molecule has 1 aliphatic heterocycles. The van der Waals surface area contributed by atoms with Gasteiger partial charge in [-0.1, -0.05) is 11.6 Å². The van der Waals surface area contributed by atoms with Crippen LogP contribution in [-0.4, -0.2) is 36.0 Å². The summed E-state index contributed by atoms with van der Waals surface area (Å²) >= 11 is 5.97. The van der Waals surface area contributed by atoms with Gasteiger partial charge in [0.2, 0.25) is 5.76 Å². The van der Waals surface area contributed by atoms with Crippen LogP contribution in [0.1, 0.15) is 35.9 Å². The maximum Gasteiger partial charge on any atom is 0.375 e. The van der Waals surface area contributed by atoms with E-state index < -0.39 is 12.1 Å². The summed E-state index contributed by atoms with van der Waals surface area (Å²) in [6, 6.07) is 5.15. The fourth-order valence-corrected chi connectivity index (χ4v) is 3.02. The molecule has 1 atom stereocenters. The Labute approximate surface area is 139 Å². The molecule has 0 N–H and O–H groups in total. The van der Waals surface area contributed by atoms with E-state index in [0.29, 0.717) is 16.2 Å². The van der Waals surface area contributed by atoms with Crippen molar-refractivity contribution in [1.82, 2.24) is 4.90 Å². The number of benzene rings is 1. The Kier molecular flexibility index (Phi) is 4.31. The van der Waals surface area contributed by atoms with Crippen LogP contribution in [0, 0.1) is 6.92 Å². The van der Waals surface area contributed by atoms with Crippen LogP contribution in [0.2, 0.25) is 5.02 Å². The number of hydrogen-bond donors (Lipinski definition) is 0. The zero-order valence-electron chi connectivity index (χ0n) is 13.1. The number of hydrogen-bond acceptors (Lipinski definition) is 4. The van der Waals surface area contributed by atoms with E-state index in [2.05, 4.69) is 0 Å². The van der Waals surface area contributed by atoms with Gasteiger partial charge in [0.25, 0.3) is 5.91 Å². The number of rotatable bonds is 3. The summed E-state index contributed by atoms with van der Waals surface area (Å²) in [4.78, 5) is 26.3. The predicted molar refractivity (Wildman–Crippen MR) is 86.7 cm³/mol. The number of aryl methyl sites for hydroxylation is 1. The van der Waals surface area contributed by atoms with E-state index in [1.165, 1.54) is 0 Å². The molecule has 1 amide bonds. The second kappa shape index (κ2) is 6.24. The van der Waals surface area contributed by atoms with Crippen molar-refractivity contribution in [2.45, 2.75) is 32.8 Å². The fraction of sp³-hybridized carbons (Fsp3) is 0.412. The molecule has 0 radical (unpaired) electrons. The number of nitrogens with zero attached hydrogens (tertiary/aromatic N) is 1. The van der Waals surface area contributed by atoms with Crippen LogP contribution in [0.5, 0.6) is 0 Å². The topological polar surface area (TPSA) is 59.8 Å². The molecule has 2 aromatic rings. The monoisotopic (exact) mass is 335 g/mol. The third-order valence-corrected chi connectivity index (χ3v) is 4.37. The lowest BCUT2D eigenvalue weighted by Gasteiger charge is -2.20. The summed E-state index contributed by atoms with van der Waals surface area (Å²) in [5.41, 5.74) is 1.23. The molecule has 6 heteroatoms. The quantitative estimate of drug-likeness (QED) is 0.805. The first kappa shape index (κ1) is 15.9. The molecule has 5 nitrogen and oxygen atoms in total. The average Bonchev–Trinajstić information content (AvgIpc) is 3.15. The van der Waals surface area contributed by atoms with Crippen LogP contribution in [0.25, 0.3) is 11.0 Å². The van der Waals surface area contributed by atoms with Crippen LogP contribution in [0.4, 0.5) is 0 Å². The number of likely N-dealkylation sites (tertiary alicyclic amines) is 1. The van der Waals surface area contributed by atoms with Crippen LogP contribution >= 0.6 is 11.6 Å². The molecule has 1 fully saturated rings. The number of ether oxygens (including phenoxy) is 1. The van der Waals surface area contributed by atoms with Crippen LogP contribution in [0.15, 0.2) is 22.6 Å². The number of carbonyl (C=O) groups is 2. The highest BCUT2D eigenvalue weighted by Gasteiger charge is 2.28. The SMILES string of the molecule is Cc1c(C(=O)O[C@H](C)C(=O)N2CCCC2)oc2ccc(Cl)cc12. The van der Waals surface area contributed by atoms with E-state index in [9.17, 15) is 9.59 Å². The molecule has 1 saturated heterocycles. The number of halogens is 1. The molecule has 122 valence electrons. The van der Waals surface area contributed by atoms with Crippen molar-refractivity contribution in [2.24, 2.45) is 0 Å². The summed E-state index contributed by atoms with van der Waals surface area (Å²) < 4.78 is 10.9. The molecule has 3 rings (SSSR count). The minimum Gasteiger partial charge on any atom is -0.449 e. The van der Waals surface area contributed by atoms with Gasteiger partial charge in [-0.05, 0) is 44.9 Å². The molecule has 0 bridgehead atoms. The lowest BCUT2D eigenvalue weighted by atomic mass is 10.1. The van der Waals surface area contributed by atoms with Crippen molar-refractivity contribution < 1.29 is 18.7 Å². The van der Waals surface area contributed by atoms with Crippen molar-refractivity contribution in [1.29, 1.82) is 0 Å². The van der Waals surface area contributed by atoms with Gasteiger partial charge in [0.15, 0.2) is 6.10 Å². The maximum absolute atomic E-state index is 12.3. The standard InChI is InChI=1S/C17H18ClNO4/c1-10-13-9-12(18)5-6-14(13)23-15(10)17(21)22-11(2)16(20)19-7-3-4-8-19/h5-6,9,11H,3-4,7-8H2,1-2H3/t11-/m1/s1. The van der Waals surface area contributed by atoms with E-state index in [1.54, 1.807) is 36.9 Å². The third-order valence-electron chi connectivity index (χ3n) is 4.13. The molecule has 0 unspecified atom stereocenters. The second-order valence-electron chi connectivity index (χ2n) is 5.78. The van der Waals surface area contributed by atoms with E-state index in [-0.39, 0.29) is 11.7 Å². The van der Waals surface area contributed by atoms with Gasteiger partial charge in [0.1, 0.15) is 5.58 Å². The molecule has 2 heterocycles. The number of furan rings is 1. The number of esters is 1. The molecule has 1 aromatic carbocycles. The lowest BCUT2D eigenvalue weighted by molar-refractivity contribution is -0.138. The predicted octanol–water partition coefficient (Wildman–Crippen LogP) is 3.56. The minimum absolute atomic E-state index is 0.114. The number of carbonyl (C=O) groups excluding carboxylic acids is 2. The van der Waals surface area contributed by atoms with Crippen molar-refractivity contribution >= 4 is 34.4 Å². The Morgan fingerprint density at radius 2 is 2.00 bits per heavy atom. The van der Waals surface area contributed by atoms with Gasteiger partial charge in [-0.25, -0.2) is 4.79 Å². The van der Waals surface area contributed by atoms with Gasteiger partial charge in [-0.2, -0.15) is 0 Å². The molecule has 1 aliphatic rings. The Balaban J connectivity index is 1.77. The third kappa shape index (κ3) is 3.06. The summed E-state index contributed by atoms with van der Waals surface area (Å²) in [6.07, 6.45) is 1.17. The van der Waals surface area contributed by atoms with E-state index in [4.69, 9.17) is 20.8 Å². The summed E-state index contributed by atoms with van der Waals surface area (Å²) in [5.74, 6) is -0.675. The largest absolute Gasteiger partial charge is 0.449 e. The first-order valence-electron chi connectivity index (χ1n) is 7.66. The summed E-state index contributed by atoms with van der Waals surface area (Å²) in [5, 5.41) is 1.34. The Bertz CT molecular complexity index is 761. The van der Waals surface area contributed by atoms with Crippen molar-refractivity contribution in [3.8, 4) is 0 Å². The molecule has 0 spiro atoms. The fourth-order valence-electron chi connectivity index (χ4n) is 2.85. The minimum atomic E-state index is -0.822. The smallest absolute Gasteiger partial charge is 0.375 e. The van der Waals surface area contributed by atoms with E-state index in [0.717, 1.165) is 31.3 Å². The Morgan fingerprint density at radius 1 is 1.30 bits per heavy atom. The van der Waals surface area contributed by atoms with Gasteiger partial charge in [-0.15, -0.1) is 0 Å². The van der Waals surface area contributed by atoms with E-state index >= 15 is 0 Å². The molecular weight excluding hydrogens is 318 g/mol. The number of fused-ring (bicyclic) bond motifs is 1. The summed E-state index contributed by atoms with van der Waals surface area (Å²) in [6.45, 7) is 4.81. The Morgan fingerprint density at radius 3 is 2.70 bits per heavy atom. The molecule has 0 saturated carbocycles. The van der Waals surface area contributed by atoms with E-state index in [1.807, 2.05) is 0 Å². The normalized spacial score (nSPS) is 15.9. The van der Waals surface area contributed by atoms with Crippen LogP contribution in [-0.2, 0) is 9.53 Å².